The number of carbonyl (C=O) groups excluding carboxylic acids is 1. The number of benzene rings is 1. The predicted molar refractivity (Wildman–Crippen MR) is 61.7 cm³/mol. The van der Waals surface area contributed by atoms with Crippen LogP contribution in [0.3, 0.4) is 0 Å². The van der Waals surface area contributed by atoms with Gasteiger partial charge in [0.1, 0.15) is 11.6 Å². The van der Waals surface area contributed by atoms with Crippen LogP contribution >= 0.6 is 0 Å². The summed E-state index contributed by atoms with van der Waals surface area (Å²) in [6.07, 6.45) is -2.21. The van der Waals surface area contributed by atoms with E-state index in [-0.39, 0.29) is 16.7 Å². The Morgan fingerprint density at radius 3 is 2.50 bits per heavy atom. The number of hydrogen-bond donors (Lipinski definition) is 0. The molecular weight excluding hydrogens is 278 g/mol. The van der Waals surface area contributed by atoms with Gasteiger partial charge >= 0.3 is 6.36 Å². The molecule has 0 aliphatic carbocycles. The standard InChI is InChI=1S/C13H7F4NO2/c14-10-3-9(5-18-6-10)12-4-11(20-13(15,16)17)2-1-8(12)7-19/h1-7H. The molecule has 0 N–H and O–H groups in total. The van der Waals surface area contributed by atoms with E-state index < -0.39 is 17.9 Å². The Balaban J connectivity index is 2.49. The normalized spacial score (nSPS) is 11.2. The lowest BCUT2D eigenvalue weighted by Crippen LogP contribution is -2.17. The molecule has 0 aliphatic rings. The molecule has 0 fully saturated rings. The molecule has 1 heterocycles. The zero-order valence-electron chi connectivity index (χ0n) is 9.82. The van der Waals surface area contributed by atoms with Gasteiger partial charge in [-0.05, 0) is 29.8 Å². The molecule has 104 valence electrons. The number of aromatic nitrogens is 1. The van der Waals surface area contributed by atoms with Crippen molar-refractivity contribution in [2.24, 2.45) is 0 Å². The molecule has 0 spiro atoms. The number of carbonyl (C=O) groups is 1. The SMILES string of the molecule is O=Cc1ccc(OC(F)(F)F)cc1-c1cncc(F)c1. The number of nitrogens with zero attached hydrogens (tertiary/aromatic N) is 1. The van der Waals surface area contributed by atoms with Gasteiger partial charge in [-0.1, -0.05) is 0 Å². The van der Waals surface area contributed by atoms with Gasteiger partial charge in [0.2, 0.25) is 0 Å². The van der Waals surface area contributed by atoms with Gasteiger partial charge in [-0.3, -0.25) is 9.78 Å². The van der Waals surface area contributed by atoms with E-state index in [0.29, 0.717) is 6.29 Å². The molecule has 0 bridgehead atoms. The fourth-order valence-corrected chi connectivity index (χ4v) is 1.64. The largest absolute Gasteiger partial charge is 0.573 e. The maximum atomic E-state index is 13.1. The van der Waals surface area contributed by atoms with Gasteiger partial charge in [0, 0.05) is 17.3 Å². The highest BCUT2D eigenvalue weighted by Gasteiger charge is 2.31. The zero-order chi connectivity index (χ0) is 14.8. The van der Waals surface area contributed by atoms with Gasteiger partial charge in [-0.15, -0.1) is 13.2 Å². The highest BCUT2D eigenvalue weighted by atomic mass is 19.4. The van der Waals surface area contributed by atoms with Crippen LogP contribution in [0.2, 0.25) is 0 Å². The Bertz CT molecular complexity index is 641. The second-order valence-electron chi connectivity index (χ2n) is 3.81. The molecule has 0 saturated heterocycles. The van der Waals surface area contributed by atoms with E-state index in [1.54, 1.807) is 0 Å². The predicted octanol–water partition coefficient (Wildman–Crippen LogP) is 3.60. The number of hydrogen-bond acceptors (Lipinski definition) is 3. The Hall–Kier alpha value is -2.44. The first kappa shape index (κ1) is 14.0. The van der Waals surface area contributed by atoms with Gasteiger partial charge in [0.05, 0.1) is 6.20 Å². The Morgan fingerprint density at radius 2 is 1.90 bits per heavy atom. The number of rotatable bonds is 3. The molecule has 1 aromatic heterocycles. The topological polar surface area (TPSA) is 39.2 Å². The van der Waals surface area contributed by atoms with Gasteiger partial charge < -0.3 is 4.74 Å². The third-order valence-corrected chi connectivity index (χ3v) is 2.40. The molecule has 0 atom stereocenters. The summed E-state index contributed by atoms with van der Waals surface area (Å²) in [5.74, 6) is -1.16. The summed E-state index contributed by atoms with van der Waals surface area (Å²) in [6, 6.07) is 4.24. The van der Waals surface area contributed by atoms with Crippen molar-refractivity contribution in [2.75, 3.05) is 0 Å². The number of ether oxygens (including phenoxy) is 1. The minimum Gasteiger partial charge on any atom is -0.406 e. The van der Waals surface area contributed by atoms with E-state index in [1.807, 2.05) is 0 Å². The molecule has 0 aliphatic heterocycles. The smallest absolute Gasteiger partial charge is 0.406 e. The van der Waals surface area contributed by atoms with Gasteiger partial charge in [0.25, 0.3) is 0 Å². The summed E-state index contributed by atoms with van der Waals surface area (Å²) in [4.78, 5) is 14.5. The van der Waals surface area contributed by atoms with E-state index in [9.17, 15) is 22.4 Å². The maximum absolute atomic E-state index is 13.1. The molecule has 2 aromatic rings. The highest BCUT2D eigenvalue weighted by Crippen LogP contribution is 2.30. The molecule has 2 rings (SSSR count). The molecule has 3 nitrogen and oxygen atoms in total. The van der Waals surface area contributed by atoms with Crippen LogP contribution in [0.5, 0.6) is 5.75 Å². The average molecular weight is 285 g/mol. The fraction of sp³-hybridized carbons (Fsp3) is 0.0769. The van der Waals surface area contributed by atoms with Crippen molar-refractivity contribution in [3.63, 3.8) is 0 Å². The maximum Gasteiger partial charge on any atom is 0.573 e. The van der Waals surface area contributed by atoms with Crippen molar-refractivity contribution in [1.82, 2.24) is 4.98 Å². The highest BCUT2D eigenvalue weighted by molar-refractivity contribution is 5.88. The van der Waals surface area contributed by atoms with E-state index in [0.717, 1.165) is 30.5 Å². The number of alkyl halides is 3. The van der Waals surface area contributed by atoms with E-state index in [4.69, 9.17) is 0 Å². The third kappa shape index (κ3) is 3.31. The Morgan fingerprint density at radius 1 is 1.15 bits per heavy atom. The number of halogens is 4. The van der Waals surface area contributed by atoms with Crippen LogP contribution in [0.4, 0.5) is 17.6 Å². The fourth-order valence-electron chi connectivity index (χ4n) is 1.64. The molecule has 20 heavy (non-hydrogen) atoms. The van der Waals surface area contributed by atoms with Crippen molar-refractivity contribution in [3.8, 4) is 16.9 Å². The van der Waals surface area contributed by atoms with Gasteiger partial charge in [-0.25, -0.2) is 4.39 Å². The second-order valence-corrected chi connectivity index (χ2v) is 3.81. The second kappa shape index (κ2) is 5.28. The lowest BCUT2D eigenvalue weighted by molar-refractivity contribution is -0.274. The van der Waals surface area contributed by atoms with E-state index in [2.05, 4.69) is 9.72 Å². The van der Waals surface area contributed by atoms with Crippen LogP contribution in [0.1, 0.15) is 10.4 Å². The molecule has 1 aromatic carbocycles. The molecule has 7 heteroatoms. The summed E-state index contributed by atoms with van der Waals surface area (Å²) in [6.45, 7) is 0. The monoisotopic (exact) mass is 285 g/mol. The van der Waals surface area contributed by atoms with Crippen molar-refractivity contribution in [3.05, 3.63) is 48.0 Å². The molecule has 0 saturated carbocycles. The lowest BCUT2D eigenvalue weighted by Gasteiger charge is -2.11. The van der Waals surface area contributed by atoms with Crippen LogP contribution in [0, 0.1) is 5.82 Å². The van der Waals surface area contributed by atoms with Crippen molar-refractivity contribution >= 4 is 6.29 Å². The Labute approximate surface area is 110 Å². The zero-order valence-corrected chi connectivity index (χ0v) is 9.82. The minimum atomic E-state index is -4.85. The first-order valence-corrected chi connectivity index (χ1v) is 5.35. The summed E-state index contributed by atoms with van der Waals surface area (Å²) in [5, 5.41) is 0. The summed E-state index contributed by atoms with van der Waals surface area (Å²) >= 11 is 0. The van der Waals surface area contributed by atoms with Crippen LogP contribution in [0.15, 0.2) is 36.7 Å². The summed E-state index contributed by atoms with van der Waals surface area (Å²) < 4.78 is 53.3. The van der Waals surface area contributed by atoms with Crippen molar-refractivity contribution < 1.29 is 27.1 Å². The third-order valence-electron chi connectivity index (χ3n) is 2.40. The summed E-state index contributed by atoms with van der Waals surface area (Å²) in [7, 11) is 0. The van der Waals surface area contributed by atoms with Crippen LogP contribution in [0.25, 0.3) is 11.1 Å². The lowest BCUT2D eigenvalue weighted by atomic mass is 10.0. The number of aldehydes is 1. The minimum absolute atomic E-state index is 0.104. The molecule has 0 radical (unpaired) electrons. The first-order chi connectivity index (χ1) is 9.39. The van der Waals surface area contributed by atoms with Crippen molar-refractivity contribution in [1.29, 1.82) is 0 Å². The van der Waals surface area contributed by atoms with Crippen molar-refractivity contribution in [2.45, 2.75) is 6.36 Å². The first-order valence-electron chi connectivity index (χ1n) is 5.35. The molecule has 0 amide bonds. The Kier molecular flexibility index (Phi) is 3.69. The quantitative estimate of drug-likeness (QED) is 0.639. The van der Waals surface area contributed by atoms with Gasteiger partial charge in [-0.2, -0.15) is 0 Å². The van der Waals surface area contributed by atoms with Crippen LogP contribution < -0.4 is 4.74 Å². The van der Waals surface area contributed by atoms with E-state index >= 15 is 0 Å². The number of pyridine rings is 1. The molecule has 0 unspecified atom stereocenters. The van der Waals surface area contributed by atoms with Crippen LogP contribution in [-0.4, -0.2) is 17.6 Å². The van der Waals surface area contributed by atoms with Crippen LogP contribution in [-0.2, 0) is 0 Å². The van der Waals surface area contributed by atoms with Gasteiger partial charge in [0.15, 0.2) is 6.29 Å². The molecular formula is C13H7F4NO2. The summed E-state index contributed by atoms with van der Waals surface area (Å²) in [5.41, 5.74) is 0.389. The van der Waals surface area contributed by atoms with E-state index in [1.165, 1.54) is 6.20 Å². The average Bonchev–Trinajstić information content (AvgIpc) is 2.37.